The molecule has 58 heavy (non-hydrogen) atoms. The van der Waals surface area contributed by atoms with Crippen LogP contribution in [0.4, 0.5) is 5.82 Å². The number of nitrogens with zero attached hydrogens (tertiary/aromatic N) is 4. The summed E-state index contributed by atoms with van der Waals surface area (Å²) in [5, 5.41) is 12.0. The van der Waals surface area contributed by atoms with Crippen molar-refractivity contribution in [1.29, 1.82) is 5.26 Å². The van der Waals surface area contributed by atoms with Crippen LogP contribution in [0.2, 0.25) is 0 Å². The van der Waals surface area contributed by atoms with Gasteiger partial charge < -0.3 is 38.0 Å². The average Bonchev–Trinajstić information content (AvgIpc) is 3.70. The Labute approximate surface area is 340 Å². The van der Waals surface area contributed by atoms with E-state index in [9.17, 15) is 14.9 Å². The fourth-order valence-electron chi connectivity index (χ4n) is 7.61. The number of carbonyl (C=O) groups excluding carboxylic acids is 1. The summed E-state index contributed by atoms with van der Waals surface area (Å²) in [6, 6.07) is 27.6. The fraction of sp³-hybridized carbons (Fsp3) is 0.442. The number of nitriles is 1. The van der Waals surface area contributed by atoms with E-state index >= 15 is 0 Å². The van der Waals surface area contributed by atoms with Gasteiger partial charge in [0.2, 0.25) is 5.91 Å². The van der Waals surface area contributed by atoms with Gasteiger partial charge in [0.25, 0.3) is 8.53 Å². The minimum absolute atomic E-state index is 0.0174. The number of rotatable bonds is 18. The molecule has 0 aliphatic carbocycles. The molecule has 3 heterocycles. The van der Waals surface area contributed by atoms with E-state index < -0.39 is 43.9 Å². The van der Waals surface area contributed by atoms with Gasteiger partial charge in [-0.05, 0) is 75.6 Å². The van der Waals surface area contributed by atoms with Crippen LogP contribution in [0.3, 0.4) is 0 Å². The Kier molecular flexibility index (Phi) is 13.7. The highest BCUT2D eigenvalue weighted by Crippen LogP contribution is 2.56. The summed E-state index contributed by atoms with van der Waals surface area (Å²) in [5.41, 5.74) is -0.0815. The van der Waals surface area contributed by atoms with Crippen molar-refractivity contribution in [2.45, 2.75) is 89.7 Å². The molecule has 3 aromatic carbocycles. The molecule has 2 aliphatic rings. The monoisotopic (exact) mass is 813 g/mol. The number of hydrogen-bond donors (Lipinski definition) is 1. The second kappa shape index (κ2) is 18.5. The van der Waals surface area contributed by atoms with E-state index in [2.05, 4.69) is 48.7 Å². The zero-order valence-corrected chi connectivity index (χ0v) is 35.1. The highest BCUT2D eigenvalue weighted by molar-refractivity contribution is 7.44. The molecule has 14 nitrogen and oxygen atoms in total. The third kappa shape index (κ3) is 8.67. The second-order valence-electron chi connectivity index (χ2n) is 14.9. The first-order chi connectivity index (χ1) is 27.9. The molecule has 308 valence electrons. The number of aryl methyl sites for hydroxylation is 1. The van der Waals surface area contributed by atoms with E-state index in [1.165, 1.54) is 11.5 Å². The average molecular weight is 814 g/mol. The van der Waals surface area contributed by atoms with E-state index in [1.807, 2.05) is 78.9 Å². The first-order valence-electron chi connectivity index (χ1n) is 19.3. The van der Waals surface area contributed by atoms with Crippen molar-refractivity contribution < 1.29 is 37.5 Å². The van der Waals surface area contributed by atoms with Crippen LogP contribution in [0.5, 0.6) is 11.5 Å². The van der Waals surface area contributed by atoms with Crippen molar-refractivity contribution >= 4 is 20.3 Å². The Morgan fingerprint density at radius 3 is 2.12 bits per heavy atom. The Hall–Kier alpha value is -4.71. The van der Waals surface area contributed by atoms with Gasteiger partial charge in [0.15, 0.2) is 6.23 Å². The van der Waals surface area contributed by atoms with Gasteiger partial charge >= 0.3 is 5.69 Å². The first-order valence-corrected chi connectivity index (χ1v) is 20.4. The van der Waals surface area contributed by atoms with Crippen LogP contribution in [0, 0.1) is 18.3 Å². The van der Waals surface area contributed by atoms with E-state index in [1.54, 1.807) is 27.3 Å². The molecule has 1 amide bonds. The molecule has 2 bridgehead atoms. The highest BCUT2D eigenvalue weighted by Gasteiger charge is 2.65. The minimum Gasteiger partial charge on any atom is -0.497 e. The lowest BCUT2D eigenvalue weighted by Crippen LogP contribution is -2.49. The van der Waals surface area contributed by atoms with Gasteiger partial charge in [-0.1, -0.05) is 54.6 Å². The van der Waals surface area contributed by atoms with Crippen molar-refractivity contribution in [1.82, 2.24) is 14.2 Å². The molecule has 2 saturated heterocycles. The van der Waals surface area contributed by atoms with Crippen molar-refractivity contribution in [3.8, 4) is 17.6 Å². The molecule has 0 saturated carbocycles. The predicted molar refractivity (Wildman–Crippen MR) is 218 cm³/mol. The lowest BCUT2D eigenvalue weighted by Gasteiger charge is -2.41. The van der Waals surface area contributed by atoms with E-state index in [0.717, 1.165) is 16.7 Å². The van der Waals surface area contributed by atoms with Crippen LogP contribution < -0.4 is 20.5 Å². The topological polar surface area (TPSA) is 156 Å². The lowest BCUT2D eigenvalue weighted by molar-refractivity contribution is -0.203. The maximum Gasteiger partial charge on any atom is 0.351 e. The SMILES string of the molecule is COc1ccc(C(OC[C@@]23CO[C@H]([C@H](n4cc(C)c(NC(C)=O)nc4=O)O2)[C@H]3OP(OCCC#N)N(C(C)C)C(C)C)(c2ccccc2)c2ccc(OC)cc2)cc1. The number of amides is 1. The van der Waals surface area contributed by atoms with Crippen LogP contribution in [0.1, 0.15) is 69.5 Å². The highest BCUT2D eigenvalue weighted by atomic mass is 31.2. The van der Waals surface area contributed by atoms with E-state index in [-0.39, 0.29) is 50.1 Å². The number of anilines is 1. The van der Waals surface area contributed by atoms with Crippen LogP contribution in [-0.2, 0) is 33.7 Å². The summed E-state index contributed by atoms with van der Waals surface area (Å²) in [6.07, 6.45) is -0.816. The number of methoxy groups -OCH3 is 2. The number of hydrogen-bond acceptors (Lipinski definition) is 12. The normalized spacial score (nSPS) is 20.7. The molecule has 0 spiro atoms. The Morgan fingerprint density at radius 2 is 1.59 bits per heavy atom. The summed E-state index contributed by atoms with van der Waals surface area (Å²) < 4.78 is 49.0. The second-order valence-corrected chi connectivity index (χ2v) is 16.3. The molecule has 1 unspecified atom stereocenters. The van der Waals surface area contributed by atoms with Crippen molar-refractivity contribution in [2.75, 3.05) is 39.4 Å². The number of fused-ring (bicyclic) bond motifs is 2. The number of ether oxygens (including phenoxy) is 5. The Bertz CT molecular complexity index is 2050. The standard InChI is InChI=1S/C43H52N5O9P/c1-28(2)48(29(3)4)58(55-24-12-23-44)57-38-37-40(47-25-30(5)39(45-31(6)49)46-41(47)50)56-42(38,26-53-37)27-54-43(32-13-10-9-11-14-32,33-15-19-35(51-7)20-16-33)34-17-21-36(52-8)22-18-34/h9-11,13-22,25,28-29,37-38,40H,12,24,26-27H2,1-8H3,(H,45,46,49,50)/t37-,38+,40+,42+,58?/m0/s1. The molecular weight excluding hydrogens is 761 g/mol. The molecule has 15 heteroatoms. The third-order valence-corrected chi connectivity index (χ3v) is 12.4. The molecule has 5 atom stereocenters. The van der Waals surface area contributed by atoms with Crippen molar-refractivity contribution in [2.24, 2.45) is 0 Å². The van der Waals surface area contributed by atoms with Gasteiger partial charge in [0, 0.05) is 30.8 Å². The quantitative estimate of drug-likeness (QED) is 0.0634. The summed E-state index contributed by atoms with van der Waals surface area (Å²) in [7, 11) is 1.46. The maximum absolute atomic E-state index is 13.7. The smallest absolute Gasteiger partial charge is 0.351 e. The Morgan fingerprint density at radius 1 is 1.00 bits per heavy atom. The van der Waals surface area contributed by atoms with Gasteiger partial charge in [-0.15, -0.1) is 0 Å². The summed E-state index contributed by atoms with van der Waals surface area (Å²) in [6.45, 7) is 11.5. The number of benzene rings is 3. The van der Waals surface area contributed by atoms with Crippen LogP contribution in [0.15, 0.2) is 89.9 Å². The number of carbonyl (C=O) groups is 1. The minimum atomic E-state index is -1.78. The molecule has 2 aliphatic heterocycles. The van der Waals surface area contributed by atoms with Crippen molar-refractivity contribution in [3.05, 3.63) is 118 Å². The Balaban J connectivity index is 1.49. The largest absolute Gasteiger partial charge is 0.497 e. The lowest BCUT2D eigenvalue weighted by atomic mass is 9.79. The van der Waals surface area contributed by atoms with E-state index in [4.69, 9.17) is 32.7 Å². The molecule has 4 aromatic rings. The molecule has 0 radical (unpaired) electrons. The maximum atomic E-state index is 13.7. The third-order valence-electron chi connectivity index (χ3n) is 10.2. The summed E-state index contributed by atoms with van der Waals surface area (Å²) in [4.78, 5) is 29.8. The van der Waals surface area contributed by atoms with Gasteiger partial charge in [0.1, 0.15) is 40.7 Å². The van der Waals surface area contributed by atoms with Crippen LogP contribution in [0.25, 0.3) is 0 Å². The van der Waals surface area contributed by atoms with Gasteiger partial charge in [-0.3, -0.25) is 9.36 Å². The van der Waals surface area contributed by atoms with Crippen LogP contribution in [-0.4, -0.2) is 84.1 Å². The molecule has 2 fully saturated rings. The zero-order chi connectivity index (χ0) is 41.6. The van der Waals surface area contributed by atoms with E-state index in [0.29, 0.717) is 17.1 Å². The predicted octanol–water partition coefficient (Wildman–Crippen LogP) is 6.86. The first kappa shape index (κ1) is 42.9. The summed E-state index contributed by atoms with van der Waals surface area (Å²) >= 11 is 0. The van der Waals surface area contributed by atoms with Gasteiger partial charge in [-0.25, -0.2) is 9.46 Å². The summed E-state index contributed by atoms with van der Waals surface area (Å²) in [5.74, 6) is 1.18. The van der Waals surface area contributed by atoms with Crippen molar-refractivity contribution in [3.63, 3.8) is 0 Å². The van der Waals surface area contributed by atoms with Gasteiger partial charge in [0.05, 0.1) is 46.5 Å². The fourth-order valence-corrected chi connectivity index (χ4v) is 9.43. The number of aromatic nitrogens is 2. The molecule has 1 N–H and O–H groups in total. The zero-order valence-electron chi connectivity index (χ0n) is 34.2. The van der Waals surface area contributed by atoms with Gasteiger partial charge in [-0.2, -0.15) is 10.2 Å². The molecular formula is C43H52N5O9P. The molecule has 1 aromatic heterocycles. The number of nitrogens with one attached hydrogen (secondary N) is 1. The molecule has 6 rings (SSSR count). The van der Waals surface area contributed by atoms with Crippen LogP contribution >= 0.6 is 8.53 Å².